The average Bonchev–Trinajstić information content (AvgIpc) is 2.08. The number of rotatable bonds is 3. The minimum atomic E-state index is 0.703. The first-order valence-electron chi connectivity index (χ1n) is 4.02. The van der Waals surface area contributed by atoms with Crippen molar-refractivity contribution in [3.05, 3.63) is 33.8 Å². The number of nitrogens with zero attached hydrogens (tertiary/aromatic N) is 1. The molecule has 13 heavy (non-hydrogen) atoms. The maximum absolute atomic E-state index is 10.5. The third-order valence-corrected chi connectivity index (χ3v) is 2.44. The zero-order valence-corrected chi connectivity index (χ0v) is 9.34. The zero-order chi connectivity index (χ0) is 9.84. The largest absolute Gasteiger partial charge is 0.305 e. The fourth-order valence-corrected chi connectivity index (χ4v) is 1.63. The summed E-state index contributed by atoms with van der Waals surface area (Å²) >= 11 is 3.43. The molecule has 0 heterocycles. The molecule has 0 saturated heterocycles. The normalized spacial score (nSPS) is 10.5. The van der Waals surface area contributed by atoms with E-state index in [0.29, 0.717) is 5.56 Å². The minimum Gasteiger partial charge on any atom is -0.305 e. The Kier molecular flexibility index (Phi) is 3.63. The fourth-order valence-electron chi connectivity index (χ4n) is 1.11. The Morgan fingerprint density at radius 3 is 2.62 bits per heavy atom. The molecule has 1 aromatic rings. The molecule has 0 aliphatic rings. The molecule has 0 radical (unpaired) electrons. The monoisotopic (exact) mass is 241 g/mol. The predicted octanol–water partition coefficient (Wildman–Crippen LogP) is 2.32. The third kappa shape index (κ3) is 2.94. The summed E-state index contributed by atoms with van der Waals surface area (Å²) in [6.45, 7) is 0.875. The van der Waals surface area contributed by atoms with Crippen LogP contribution in [0.1, 0.15) is 15.9 Å². The second-order valence-electron chi connectivity index (χ2n) is 3.21. The van der Waals surface area contributed by atoms with Crippen LogP contribution in [0.5, 0.6) is 0 Å². The highest BCUT2D eigenvalue weighted by atomic mass is 79.9. The molecule has 0 saturated carbocycles. The number of hydrogen-bond acceptors (Lipinski definition) is 2. The van der Waals surface area contributed by atoms with Crippen molar-refractivity contribution in [1.29, 1.82) is 0 Å². The van der Waals surface area contributed by atoms with Crippen LogP contribution in [-0.2, 0) is 6.54 Å². The van der Waals surface area contributed by atoms with Gasteiger partial charge in [-0.25, -0.2) is 0 Å². The second-order valence-corrected chi connectivity index (χ2v) is 4.06. The Bertz CT molecular complexity index is 310. The van der Waals surface area contributed by atoms with Crippen molar-refractivity contribution in [3.8, 4) is 0 Å². The Morgan fingerprint density at radius 2 is 2.15 bits per heavy atom. The van der Waals surface area contributed by atoms with Gasteiger partial charge in [-0.05, 0) is 25.7 Å². The molecule has 0 amide bonds. The molecule has 0 unspecified atom stereocenters. The minimum absolute atomic E-state index is 0.703. The maximum Gasteiger partial charge on any atom is 0.150 e. The Hall–Kier alpha value is -0.670. The number of carbonyl (C=O) groups excluding carboxylic acids is 1. The summed E-state index contributed by atoms with van der Waals surface area (Å²) in [6.07, 6.45) is 0.851. The van der Waals surface area contributed by atoms with Crippen LogP contribution >= 0.6 is 15.9 Å². The lowest BCUT2D eigenvalue weighted by atomic mass is 10.1. The smallest absolute Gasteiger partial charge is 0.150 e. The van der Waals surface area contributed by atoms with Crippen LogP contribution in [0, 0.1) is 0 Å². The highest BCUT2D eigenvalue weighted by molar-refractivity contribution is 9.10. The Balaban J connectivity index is 2.91. The van der Waals surface area contributed by atoms with Gasteiger partial charge in [0.1, 0.15) is 6.29 Å². The highest BCUT2D eigenvalue weighted by Gasteiger charge is 2.01. The fraction of sp³-hybridized carbons (Fsp3) is 0.300. The lowest BCUT2D eigenvalue weighted by molar-refractivity contribution is 0.112. The van der Waals surface area contributed by atoms with Crippen LogP contribution in [-0.4, -0.2) is 25.3 Å². The maximum atomic E-state index is 10.5. The first-order valence-corrected chi connectivity index (χ1v) is 4.81. The molecule has 2 nitrogen and oxygen atoms in total. The first kappa shape index (κ1) is 10.4. The first-order chi connectivity index (χ1) is 6.13. The molecular weight excluding hydrogens is 230 g/mol. The van der Waals surface area contributed by atoms with Gasteiger partial charge in [0.05, 0.1) is 0 Å². The predicted molar refractivity (Wildman–Crippen MR) is 56.9 cm³/mol. The molecule has 0 spiro atoms. The molecule has 1 aromatic carbocycles. The van der Waals surface area contributed by atoms with Gasteiger partial charge in [0.15, 0.2) is 0 Å². The van der Waals surface area contributed by atoms with Gasteiger partial charge in [0.2, 0.25) is 0 Å². The van der Waals surface area contributed by atoms with Gasteiger partial charge in [-0.1, -0.05) is 28.1 Å². The second kappa shape index (κ2) is 4.53. The van der Waals surface area contributed by atoms with E-state index in [0.717, 1.165) is 17.3 Å². The van der Waals surface area contributed by atoms with Gasteiger partial charge in [-0.15, -0.1) is 0 Å². The van der Waals surface area contributed by atoms with Crippen LogP contribution in [0.2, 0.25) is 0 Å². The number of benzene rings is 1. The summed E-state index contributed by atoms with van der Waals surface area (Å²) in [7, 11) is 4.03. The third-order valence-electron chi connectivity index (χ3n) is 1.70. The molecule has 0 bridgehead atoms. The Morgan fingerprint density at radius 1 is 1.46 bits per heavy atom. The standard InChI is InChI=1S/C10H12BrNO/c1-12(2)6-9-4-3-8(7-13)5-10(9)11/h3-5,7H,6H2,1-2H3. The van der Waals surface area contributed by atoms with Crippen molar-refractivity contribution in [1.82, 2.24) is 4.90 Å². The van der Waals surface area contributed by atoms with E-state index in [1.54, 1.807) is 0 Å². The van der Waals surface area contributed by atoms with E-state index < -0.39 is 0 Å². The summed E-state index contributed by atoms with van der Waals surface area (Å²) in [5.74, 6) is 0. The SMILES string of the molecule is CN(C)Cc1ccc(C=O)cc1Br. The summed E-state index contributed by atoms with van der Waals surface area (Å²) in [5.41, 5.74) is 1.89. The highest BCUT2D eigenvalue weighted by Crippen LogP contribution is 2.18. The summed E-state index contributed by atoms with van der Waals surface area (Å²) in [5, 5.41) is 0. The van der Waals surface area contributed by atoms with Crippen LogP contribution in [0.3, 0.4) is 0 Å². The lowest BCUT2D eigenvalue weighted by Crippen LogP contribution is -2.11. The topological polar surface area (TPSA) is 20.3 Å². The van der Waals surface area contributed by atoms with Crippen molar-refractivity contribution >= 4 is 22.2 Å². The summed E-state index contributed by atoms with van der Waals surface area (Å²) < 4.78 is 0.991. The van der Waals surface area contributed by atoms with Crippen LogP contribution in [0.25, 0.3) is 0 Å². The van der Waals surface area contributed by atoms with E-state index in [1.807, 2.05) is 32.3 Å². The van der Waals surface area contributed by atoms with E-state index in [-0.39, 0.29) is 0 Å². The summed E-state index contributed by atoms with van der Waals surface area (Å²) in [6, 6.07) is 5.64. The van der Waals surface area contributed by atoms with E-state index in [4.69, 9.17) is 0 Å². The quantitative estimate of drug-likeness (QED) is 0.758. The number of aldehydes is 1. The van der Waals surface area contributed by atoms with Crippen molar-refractivity contribution in [2.24, 2.45) is 0 Å². The van der Waals surface area contributed by atoms with Gasteiger partial charge in [0, 0.05) is 16.6 Å². The van der Waals surface area contributed by atoms with Crippen molar-refractivity contribution < 1.29 is 4.79 Å². The van der Waals surface area contributed by atoms with E-state index in [9.17, 15) is 4.79 Å². The molecule has 0 aliphatic heterocycles. The van der Waals surface area contributed by atoms with Crippen LogP contribution in [0.15, 0.2) is 22.7 Å². The lowest BCUT2D eigenvalue weighted by Gasteiger charge is -2.11. The van der Waals surface area contributed by atoms with Crippen molar-refractivity contribution in [2.75, 3.05) is 14.1 Å². The summed E-state index contributed by atoms with van der Waals surface area (Å²) in [4.78, 5) is 12.5. The van der Waals surface area contributed by atoms with E-state index in [1.165, 1.54) is 5.56 Å². The van der Waals surface area contributed by atoms with Gasteiger partial charge in [-0.2, -0.15) is 0 Å². The molecule has 0 N–H and O–H groups in total. The van der Waals surface area contributed by atoms with Gasteiger partial charge < -0.3 is 4.90 Å². The molecule has 0 fully saturated rings. The van der Waals surface area contributed by atoms with Crippen molar-refractivity contribution in [3.63, 3.8) is 0 Å². The van der Waals surface area contributed by atoms with Gasteiger partial charge >= 0.3 is 0 Å². The van der Waals surface area contributed by atoms with E-state index in [2.05, 4.69) is 20.8 Å². The Labute approximate surface area is 86.7 Å². The number of carbonyl (C=O) groups is 1. The average molecular weight is 242 g/mol. The number of hydrogen-bond donors (Lipinski definition) is 0. The zero-order valence-electron chi connectivity index (χ0n) is 7.75. The molecule has 0 aliphatic carbocycles. The molecule has 3 heteroatoms. The van der Waals surface area contributed by atoms with Gasteiger partial charge in [0.25, 0.3) is 0 Å². The van der Waals surface area contributed by atoms with E-state index >= 15 is 0 Å². The molecular formula is C10H12BrNO. The number of halogens is 1. The molecule has 0 atom stereocenters. The molecule has 70 valence electrons. The van der Waals surface area contributed by atoms with Crippen LogP contribution in [0.4, 0.5) is 0 Å². The van der Waals surface area contributed by atoms with Crippen molar-refractivity contribution in [2.45, 2.75) is 6.54 Å². The molecule has 0 aromatic heterocycles. The van der Waals surface area contributed by atoms with Crippen LogP contribution < -0.4 is 0 Å². The van der Waals surface area contributed by atoms with Gasteiger partial charge in [-0.3, -0.25) is 4.79 Å². The molecule has 1 rings (SSSR count).